The van der Waals surface area contributed by atoms with Crippen molar-refractivity contribution in [2.24, 2.45) is 5.41 Å². The van der Waals surface area contributed by atoms with Gasteiger partial charge < -0.3 is 0 Å². The Bertz CT molecular complexity index is 583. The van der Waals surface area contributed by atoms with E-state index in [1.165, 1.54) is 24.2 Å². The fraction of sp³-hybridized carbons (Fsp3) is 0.455. The molecule has 2 aromatic heterocycles. The van der Waals surface area contributed by atoms with Crippen molar-refractivity contribution in [1.82, 2.24) is 9.55 Å². The molecule has 16 heavy (non-hydrogen) atoms. The van der Waals surface area contributed by atoms with Crippen molar-refractivity contribution in [2.45, 2.75) is 19.4 Å². The van der Waals surface area contributed by atoms with Gasteiger partial charge >= 0.3 is 0 Å². The van der Waals surface area contributed by atoms with Crippen LogP contribution in [0.2, 0.25) is 0 Å². The van der Waals surface area contributed by atoms with Gasteiger partial charge in [0, 0.05) is 6.54 Å². The standard InChI is InChI=1S/C11H12N2OS2/c14-10-8-1-4-16-9(8)12-7-13(10)5-11(6-15)2-3-11/h1,4,7,15H,2-3,5-6H2. The molecule has 1 aliphatic rings. The van der Waals surface area contributed by atoms with Gasteiger partial charge in [0.05, 0.1) is 11.7 Å². The van der Waals surface area contributed by atoms with E-state index in [9.17, 15) is 4.79 Å². The molecular weight excluding hydrogens is 240 g/mol. The molecule has 0 spiro atoms. The number of hydrogen-bond donors (Lipinski definition) is 1. The largest absolute Gasteiger partial charge is 0.298 e. The van der Waals surface area contributed by atoms with Crippen LogP contribution in [-0.4, -0.2) is 15.3 Å². The predicted molar refractivity (Wildman–Crippen MR) is 69.4 cm³/mol. The maximum absolute atomic E-state index is 12.1. The monoisotopic (exact) mass is 252 g/mol. The molecule has 3 rings (SSSR count). The molecule has 0 aromatic carbocycles. The molecule has 2 aromatic rings. The zero-order valence-corrected chi connectivity index (χ0v) is 10.4. The first kappa shape index (κ1) is 10.4. The number of nitrogens with zero attached hydrogens (tertiary/aromatic N) is 2. The van der Waals surface area contributed by atoms with Gasteiger partial charge in [-0.25, -0.2) is 4.98 Å². The van der Waals surface area contributed by atoms with Gasteiger partial charge in [0.2, 0.25) is 0 Å². The van der Waals surface area contributed by atoms with Crippen molar-refractivity contribution in [2.75, 3.05) is 5.75 Å². The van der Waals surface area contributed by atoms with Gasteiger partial charge in [-0.05, 0) is 35.5 Å². The molecule has 0 bridgehead atoms. The van der Waals surface area contributed by atoms with E-state index < -0.39 is 0 Å². The quantitative estimate of drug-likeness (QED) is 0.850. The van der Waals surface area contributed by atoms with Crippen molar-refractivity contribution in [1.29, 1.82) is 0 Å². The first-order chi connectivity index (χ1) is 7.74. The summed E-state index contributed by atoms with van der Waals surface area (Å²) in [6.45, 7) is 0.758. The minimum Gasteiger partial charge on any atom is -0.298 e. The lowest BCUT2D eigenvalue weighted by atomic mass is 10.1. The molecule has 3 nitrogen and oxygen atoms in total. The fourth-order valence-corrected chi connectivity index (χ4v) is 3.05. The summed E-state index contributed by atoms with van der Waals surface area (Å²) in [5.74, 6) is 0.848. The summed E-state index contributed by atoms with van der Waals surface area (Å²) in [5.41, 5.74) is 0.331. The van der Waals surface area contributed by atoms with E-state index in [1.54, 1.807) is 10.9 Å². The lowest BCUT2D eigenvalue weighted by Crippen LogP contribution is -2.25. The Morgan fingerprint density at radius 1 is 1.56 bits per heavy atom. The van der Waals surface area contributed by atoms with Crippen LogP contribution in [0.5, 0.6) is 0 Å². The third-order valence-corrected chi connectivity index (χ3v) is 4.74. The van der Waals surface area contributed by atoms with Gasteiger partial charge in [-0.1, -0.05) is 0 Å². The highest BCUT2D eigenvalue weighted by Gasteiger charge is 2.41. The topological polar surface area (TPSA) is 34.9 Å². The smallest absolute Gasteiger partial charge is 0.262 e. The summed E-state index contributed by atoms with van der Waals surface area (Å²) in [7, 11) is 0. The average molecular weight is 252 g/mol. The first-order valence-electron chi connectivity index (χ1n) is 5.28. The van der Waals surface area contributed by atoms with E-state index in [0.717, 1.165) is 22.5 Å². The van der Waals surface area contributed by atoms with Crippen LogP contribution in [0.4, 0.5) is 0 Å². The number of hydrogen-bond acceptors (Lipinski definition) is 4. The summed E-state index contributed by atoms with van der Waals surface area (Å²) >= 11 is 5.87. The first-order valence-corrected chi connectivity index (χ1v) is 6.79. The van der Waals surface area contributed by atoms with Crippen molar-refractivity contribution in [3.63, 3.8) is 0 Å². The van der Waals surface area contributed by atoms with Gasteiger partial charge in [-0.2, -0.15) is 12.6 Å². The van der Waals surface area contributed by atoms with Gasteiger partial charge in [0.25, 0.3) is 5.56 Å². The average Bonchev–Trinajstić information content (AvgIpc) is 2.90. The van der Waals surface area contributed by atoms with E-state index in [4.69, 9.17) is 0 Å². The zero-order valence-electron chi connectivity index (χ0n) is 8.72. The Hall–Kier alpha value is -0.810. The molecule has 5 heteroatoms. The minimum absolute atomic E-state index is 0.0827. The molecule has 0 radical (unpaired) electrons. The molecule has 0 atom stereocenters. The highest BCUT2D eigenvalue weighted by atomic mass is 32.1. The highest BCUT2D eigenvalue weighted by Crippen LogP contribution is 2.47. The number of thiophene rings is 1. The maximum Gasteiger partial charge on any atom is 0.262 e. The van der Waals surface area contributed by atoms with E-state index in [0.29, 0.717) is 0 Å². The van der Waals surface area contributed by atoms with Crippen molar-refractivity contribution >= 4 is 34.2 Å². The van der Waals surface area contributed by atoms with Gasteiger partial charge in [-0.3, -0.25) is 9.36 Å². The molecule has 0 saturated heterocycles. The van der Waals surface area contributed by atoms with E-state index in [1.807, 2.05) is 11.4 Å². The number of thiol groups is 1. The van der Waals surface area contributed by atoms with Crippen LogP contribution in [0.3, 0.4) is 0 Å². The van der Waals surface area contributed by atoms with Gasteiger partial charge in [0.1, 0.15) is 4.83 Å². The van der Waals surface area contributed by atoms with Gasteiger partial charge in [-0.15, -0.1) is 11.3 Å². The lowest BCUT2D eigenvalue weighted by Gasteiger charge is -2.13. The van der Waals surface area contributed by atoms with Crippen molar-refractivity contribution < 1.29 is 0 Å². The molecule has 1 fully saturated rings. The summed E-state index contributed by atoms with van der Waals surface area (Å²) in [6.07, 6.45) is 4.01. The van der Waals surface area contributed by atoms with Crippen LogP contribution in [0, 0.1) is 5.41 Å². The van der Waals surface area contributed by atoms with Crippen LogP contribution >= 0.6 is 24.0 Å². The number of rotatable bonds is 3. The molecule has 1 aliphatic carbocycles. The van der Waals surface area contributed by atoms with E-state index in [-0.39, 0.29) is 11.0 Å². The lowest BCUT2D eigenvalue weighted by molar-refractivity contribution is 0.462. The number of fused-ring (bicyclic) bond motifs is 1. The Morgan fingerprint density at radius 2 is 2.38 bits per heavy atom. The van der Waals surface area contributed by atoms with E-state index in [2.05, 4.69) is 17.6 Å². The normalized spacial score (nSPS) is 17.8. The fourth-order valence-electron chi connectivity index (χ4n) is 1.91. The van der Waals surface area contributed by atoms with Crippen LogP contribution in [0.25, 0.3) is 10.2 Å². The molecule has 1 saturated carbocycles. The Kier molecular flexibility index (Phi) is 2.33. The Balaban J connectivity index is 2.04. The number of aromatic nitrogens is 2. The SMILES string of the molecule is O=c1c2ccsc2ncn1CC1(CS)CC1. The molecule has 0 unspecified atom stereocenters. The Morgan fingerprint density at radius 3 is 3.06 bits per heavy atom. The summed E-state index contributed by atoms with van der Waals surface area (Å²) in [6, 6.07) is 1.85. The Labute approximate surface area is 103 Å². The molecule has 0 N–H and O–H groups in total. The highest BCUT2D eigenvalue weighted by molar-refractivity contribution is 7.80. The van der Waals surface area contributed by atoms with Crippen molar-refractivity contribution in [3.8, 4) is 0 Å². The van der Waals surface area contributed by atoms with Crippen molar-refractivity contribution in [3.05, 3.63) is 28.1 Å². The zero-order chi connectivity index (χ0) is 11.2. The predicted octanol–water partition coefficient (Wildman–Crippen LogP) is 2.17. The molecule has 84 valence electrons. The van der Waals surface area contributed by atoms with Crippen LogP contribution in [-0.2, 0) is 6.54 Å². The maximum atomic E-state index is 12.1. The van der Waals surface area contributed by atoms with Gasteiger partial charge in [0.15, 0.2) is 0 Å². The molecular formula is C11H12N2OS2. The molecule has 0 aliphatic heterocycles. The molecule has 2 heterocycles. The third kappa shape index (κ3) is 1.58. The second-order valence-electron chi connectivity index (χ2n) is 4.48. The third-order valence-electron chi connectivity index (χ3n) is 3.25. The minimum atomic E-state index is 0.0827. The summed E-state index contributed by atoms with van der Waals surface area (Å²) in [5, 5.41) is 2.65. The molecule has 0 amide bonds. The second kappa shape index (κ2) is 3.60. The summed E-state index contributed by atoms with van der Waals surface area (Å²) < 4.78 is 1.73. The summed E-state index contributed by atoms with van der Waals surface area (Å²) in [4.78, 5) is 17.3. The van der Waals surface area contributed by atoms with Crippen LogP contribution < -0.4 is 5.56 Å². The second-order valence-corrected chi connectivity index (χ2v) is 5.69. The van der Waals surface area contributed by atoms with Crippen LogP contribution in [0.15, 0.2) is 22.6 Å². The van der Waals surface area contributed by atoms with Crippen LogP contribution in [0.1, 0.15) is 12.8 Å². The van der Waals surface area contributed by atoms with E-state index >= 15 is 0 Å².